The van der Waals surface area contributed by atoms with Gasteiger partial charge in [-0.15, -0.1) is 5.10 Å². The number of aromatic carboxylic acids is 1. The quantitative estimate of drug-likeness (QED) is 0.785. The molecule has 3 N–H and O–H groups in total. The van der Waals surface area contributed by atoms with Crippen molar-refractivity contribution in [3.05, 3.63) is 23.7 Å². The topological polar surface area (TPSA) is 141 Å². The number of aromatic nitrogens is 3. The highest BCUT2D eigenvalue weighted by Crippen LogP contribution is 2.18. The number of nitrogens with two attached hydrogens (primary N) is 1. The van der Waals surface area contributed by atoms with Crippen molar-refractivity contribution in [2.24, 2.45) is 0 Å². The van der Waals surface area contributed by atoms with Gasteiger partial charge in [0.1, 0.15) is 12.3 Å². The smallest absolute Gasteiger partial charge is 0.371 e. The van der Waals surface area contributed by atoms with Crippen molar-refractivity contribution in [2.75, 3.05) is 11.5 Å². The minimum absolute atomic E-state index is 0.00858. The summed E-state index contributed by atoms with van der Waals surface area (Å²) in [6, 6.07) is 2.73. The molecule has 20 heavy (non-hydrogen) atoms. The van der Waals surface area contributed by atoms with Crippen molar-refractivity contribution in [3.8, 4) is 0 Å². The number of carboxylic acid groups (broad SMARTS) is 1. The molecular weight excluding hydrogens is 288 g/mol. The van der Waals surface area contributed by atoms with Gasteiger partial charge in [0.25, 0.3) is 0 Å². The molecule has 0 fully saturated rings. The maximum atomic E-state index is 11.7. The summed E-state index contributed by atoms with van der Waals surface area (Å²) in [5, 5.41) is 15.6. The molecule has 2 rings (SSSR count). The molecule has 0 atom stereocenters. The number of hydrogen-bond donors (Lipinski definition) is 2. The lowest BCUT2D eigenvalue weighted by Crippen LogP contribution is -2.10. The van der Waals surface area contributed by atoms with E-state index in [-0.39, 0.29) is 34.7 Å². The number of sulfone groups is 1. The normalized spacial score (nSPS) is 11.7. The van der Waals surface area contributed by atoms with Gasteiger partial charge >= 0.3 is 5.97 Å². The third-order valence-corrected chi connectivity index (χ3v) is 4.23. The van der Waals surface area contributed by atoms with Crippen molar-refractivity contribution in [2.45, 2.75) is 18.5 Å². The van der Waals surface area contributed by atoms with Gasteiger partial charge in [-0.1, -0.05) is 12.1 Å². The molecule has 0 aliphatic carbocycles. The molecule has 0 aliphatic heterocycles. The molecule has 0 saturated carbocycles. The van der Waals surface area contributed by atoms with Crippen LogP contribution in [0.3, 0.4) is 0 Å². The zero-order chi connectivity index (χ0) is 14.9. The molecule has 108 valence electrons. The Kier molecular flexibility index (Phi) is 3.49. The van der Waals surface area contributed by atoms with Crippen LogP contribution in [0.2, 0.25) is 0 Å². The third kappa shape index (κ3) is 2.50. The summed E-state index contributed by atoms with van der Waals surface area (Å²) in [6.07, 6.45) is 0. The van der Waals surface area contributed by atoms with Crippen molar-refractivity contribution in [3.63, 3.8) is 0 Å². The van der Waals surface area contributed by atoms with Gasteiger partial charge in [-0.05, 0) is 12.1 Å². The molecular formula is C10H12N4O5S. The molecule has 0 aliphatic rings. The summed E-state index contributed by atoms with van der Waals surface area (Å²) < 4.78 is 29.5. The van der Waals surface area contributed by atoms with E-state index in [4.69, 9.17) is 15.3 Å². The average Bonchev–Trinajstić information content (AvgIpc) is 2.98. The number of hydrogen-bond acceptors (Lipinski definition) is 7. The Hall–Kier alpha value is -2.36. The van der Waals surface area contributed by atoms with Crippen LogP contribution in [0.4, 0.5) is 5.82 Å². The van der Waals surface area contributed by atoms with Crippen molar-refractivity contribution >= 4 is 21.6 Å². The Morgan fingerprint density at radius 2 is 2.20 bits per heavy atom. The van der Waals surface area contributed by atoms with E-state index in [1.54, 1.807) is 0 Å². The standard InChI is InChI=1S/C10H12N4O5S/c1-2-20(17,18)9-8(11)14(13-12-9)5-6-3-4-7(19-6)10(15)16/h3-4H,2,5,11H2,1H3,(H,15,16). The summed E-state index contributed by atoms with van der Waals surface area (Å²) in [5.41, 5.74) is 5.68. The maximum Gasteiger partial charge on any atom is 0.371 e. The van der Waals surface area contributed by atoms with Gasteiger partial charge in [0.15, 0.2) is 5.82 Å². The number of nitrogens with zero attached hydrogens (tertiary/aromatic N) is 3. The van der Waals surface area contributed by atoms with Gasteiger partial charge in [0, 0.05) is 0 Å². The van der Waals surface area contributed by atoms with E-state index in [1.807, 2.05) is 0 Å². The zero-order valence-corrected chi connectivity index (χ0v) is 11.3. The Morgan fingerprint density at radius 3 is 2.75 bits per heavy atom. The van der Waals surface area contributed by atoms with Gasteiger partial charge in [-0.25, -0.2) is 17.9 Å². The van der Waals surface area contributed by atoms with E-state index in [2.05, 4.69) is 10.3 Å². The van der Waals surface area contributed by atoms with Crippen LogP contribution in [0.5, 0.6) is 0 Å². The van der Waals surface area contributed by atoms with Crippen LogP contribution in [-0.2, 0) is 16.4 Å². The molecule has 0 amide bonds. The summed E-state index contributed by atoms with van der Waals surface area (Å²) in [5.74, 6) is -1.39. The molecule has 0 unspecified atom stereocenters. The van der Waals surface area contributed by atoms with Crippen LogP contribution >= 0.6 is 0 Å². The number of anilines is 1. The summed E-state index contributed by atoms with van der Waals surface area (Å²) in [4.78, 5) is 10.7. The first-order valence-electron chi connectivity index (χ1n) is 5.59. The van der Waals surface area contributed by atoms with Gasteiger partial charge in [-0.3, -0.25) is 0 Å². The van der Waals surface area contributed by atoms with E-state index in [0.29, 0.717) is 0 Å². The largest absolute Gasteiger partial charge is 0.475 e. The summed E-state index contributed by atoms with van der Waals surface area (Å²) in [6.45, 7) is 1.46. The highest BCUT2D eigenvalue weighted by atomic mass is 32.2. The molecule has 0 bridgehead atoms. The first-order valence-corrected chi connectivity index (χ1v) is 7.24. The molecule has 0 radical (unpaired) electrons. The second-order valence-electron chi connectivity index (χ2n) is 3.91. The third-order valence-electron chi connectivity index (χ3n) is 2.59. The average molecular weight is 300 g/mol. The van der Waals surface area contributed by atoms with Crippen molar-refractivity contribution < 1.29 is 22.7 Å². The fourth-order valence-corrected chi connectivity index (χ4v) is 2.36. The minimum atomic E-state index is -3.55. The summed E-state index contributed by atoms with van der Waals surface area (Å²) in [7, 11) is -3.55. The lowest BCUT2D eigenvalue weighted by molar-refractivity contribution is 0.0660. The second kappa shape index (κ2) is 4.96. The molecule has 0 aromatic carbocycles. The Balaban J connectivity index is 2.29. The lowest BCUT2D eigenvalue weighted by Gasteiger charge is -2.01. The maximum absolute atomic E-state index is 11.7. The van der Waals surface area contributed by atoms with E-state index in [1.165, 1.54) is 19.1 Å². The van der Waals surface area contributed by atoms with Gasteiger partial charge in [0.05, 0.1) is 5.75 Å². The molecule has 0 saturated heterocycles. The fraction of sp³-hybridized carbons (Fsp3) is 0.300. The fourth-order valence-electron chi connectivity index (χ4n) is 1.50. The summed E-state index contributed by atoms with van der Waals surface area (Å²) >= 11 is 0. The second-order valence-corrected chi connectivity index (χ2v) is 6.11. The van der Waals surface area contributed by atoms with E-state index in [0.717, 1.165) is 4.68 Å². The number of carbonyl (C=O) groups is 1. The number of carboxylic acids is 1. The highest BCUT2D eigenvalue weighted by Gasteiger charge is 2.22. The monoisotopic (exact) mass is 300 g/mol. The molecule has 9 nitrogen and oxygen atoms in total. The van der Waals surface area contributed by atoms with E-state index in [9.17, 15) is 13.2 Å². The molecule has 2 aromatic heterocycles. The van der Waals surface area contributed by atoms with Crippen LogP contribution in [0.25, 0.3) is 0 Å². The van der Waals surface area contributed by atoms with Gasteiger partial charge < -0.3 is 15.3 Å². The SMILES string of the molecule is CCS(=O)(=O)c1nnn(Cc2ccc(C(=O)O)o2)c1N. The van der Waals surface area contributed by atoms with E-state index < -0.39 is 15.8 Å². The first-order chi connectivity index (χ1) is 9.35. The van der Waals surface area contributed by atoms with Gasteiger partial charge in [-0.2, -0.15) is 0 Å². The van der Waals surface area contributed by atoms with Crippen LogP contribution in [0.1, 0.15) is 23.2 Å². The Bertz CT molecular complexity index is 746. The van der Waals surface area contributed by atoms with Crippen LogP contribution < -0.4 is 5.73 Å². The number of furan rings is 1. The van der Waals surface area contributed by atoms with Crippen molar-refractivity contribution in [1.82, 2.24) is 15.0 Å². The predicted octanol–water partition coefficient (Wildman–Crippen LogP) is -0.00660. The number of rotatable bonds is 5. The molecule has 2 aromatic rings. The van der Waals surface area contributed by atoms with Crippen molar-refractivity contribution in [1.29, 1.82) is 0 Å². The van der Waals surface area contributed by atoms with Crippen LogP contribution in [0.15, 0.2) is 21.6 Å². The first kappa shape index (κ1) is 14.1. The molecule has 0 spiro atoms. The van der Waals surface area contributed by atoms with Crippen LogP contribution in [0, 0.1) is 0 Å². The van der Waals surface area contributed by atoms with Gasteiger partial charge in [0.2, 0.25) is 20.6 Å². The minimum Gasteiger partial charge on any atom is -0.475 e. The zero-order valence-electron chi connectivity index (χ0n) is 10.5. The number of nitrogen functional groups attached to an aromatic ring is 1. The Labute approximate surface area is 113 Å². The molecule has 2 heterocycles. The van der Waals surface area contributed by atoms with Crippen LogP contribution in [-0.4, -0.2) is 40.2 Å². The van der Waals surface area contributed by atoms with E-state index >= 15 is 0 Å². The predicted molar refractivity (Wildman–Crippen MR) is 66.9 cm³/mol. The lowest BCUT2D eigenvalue weighted by atomic mass is 10.4. The Morgan fingerprint density at radius 1 is 1.50 bits per heavy atom. The molecule has 10 heteroatoms. The highest BCUT2D eigenvalue weighted by molar-refractivity contribution is 7.91.